The molecule has 0 radical (unpaired) electrons. The molecule has 0 fully saturated rings. The molecule has 21 heavy (non-hydrogen) atoms. The number of benzene rings is 1. The Labute approximate surface area is 125 Å². The zero-order valence-electron chi connectivity index (χ0n) is 13.0. The van der Waals surface area contributed by atoms with Crippen LogP contribution in [0.1, 0.15) is 31.9 Å². The van der Waals surface area contributed by atoms with E-state index in [1.165, 1.54) is 16.0 Å². The molecule has 0 saturated carbocycles. The second-order valence-electron chi connectivity index (χ2n) is 6.62. The Morgan fingerprint density at radius 2 is 1.86 bits per heavy atom. The van der Waals surface area contributed by atoms with Gasteiger partial charge in [0.05, 0.1) is 6.54 Å². The zero-order valence-corrected chi connectivity index (χ0v) is 13.0. The molecule has 2 rings (SSSR count). The van der Waals surface area contributed by atoms with E-state index in [1.807, 2.05) is 32.9 Å². The summed E-state index contributed by atoms with van der Waals surface area (Å²) in [5, 5.41) is 5.12. The molecule has 1 unspecified atom stereocenters. The molecule has 0 saturated heterocycles. The van der Waals surface area contributed by atoms with E-state index in [4.69, 9.17) is 0 Å². The number of imide groups is 1. The Bertz CT molecular complexity index is 535. The van der Waals surface area contributed by atoms with Crippen molar-refractivity contribution in [1.82, 2.24) is 10.6 Å². The first-order valence-electron chi connectivity index (χ1n) is 7.36. The molecular weight excluding hydrogens is 266 g/mol. The van der Waals surface area contributed by atoms with E-state index in [-0.39, 0.29) is 11.4 Å². The molecule has 114 valence electrons. The molecule has 3 amide bonds. The standard InChI is InChI=1S/C16H23N3O2/c1-16(2,3)18-15(21)17-14(20)11-19-9-8-12-6-4-5-7-13(12)10-19/h4-7H,8-11H2,1-3H3,(H2,17,18,20,21)/p+1. The summed E-state index contributed by atoms with van der Waals surface area (Å²) in [5.41, 5.74) is 2.32. The van der Waals surface area contributed by atoms with Crippen LogP contribution >= 0.6 is 0 Å². The van der Waals surface area contributed by atoms with Gasteiger partial charge in [-0.15, -0.1) is 0 Å². The van der Waals surface area contributed by atoms with Crippen molar-refractivity contribution in [2.75, 3.05) is 13.1 Å². The van der Waals surface area contributed by atoms with E-state index in [9.17, 15) is 9.59 Å². The first kappa shape index (κ1) is 15.5. The van der Waals surface area contributed by atoms with E-state index in [2.05, 4.69) is 22.8 Å². The SMILES string of the molecule is CC(C)(C)NC(=O)NC(=O)C[NH+]1CCc2ccccc2C1. The Hall–Kier alpha value is -1.88. The van der Waals surface area contributed by atoms with Crippen molar-refractivity contribution in [3.8, 4) is 0 Å². The summed E-state index contributed by atoms with van der Waals surface area (Å²) in [6.07, 6.45) is 0.979. The van der Waals surface area contributed by atoms with Crippen LogP contribution in [-0.4, -0.2) is 30.6 Å². The van der Waals surface area contributed by atoms with Crippen LogP contribution in [0.15, 0.2) is 24.3 Å². The quantitative estimate of drug-likeness (QED) is 0.731. The molecule has 1 heterocycles. The lowest BCUT2D eigenvalue weighted by Crippen LogP contribution is -3.13. The minimum Gasteiger partial charge on any atom is -0.333 e. The van der Waals surface area contributed by atoms with Crippen molar-refractivity contribution in [3.05, 3.63) is 35.4 Å². The molecule has 1 aliphatic heterocycles. The smallest absolute Gasteiger partial charge is 0.322 e. The van der Waals surface area contributed by atoms with Crippen LogP contribution in [0.25, 0.3) is 0 Å². The van der Waals surface area contributed by atoms with Gasteiger partial charge in [0.2, 0.25) is 0 Å². The number of amides is 3. The van der Waals surface area contributed by atoms with Gasteiger partial charge in [-0.05, 0) is 26.3 Å². The van der Waals surface area contributed by atoms with Crippen molar-refractivity contribution in [1.29, 1.82) is 0 Å². The minimum absolute atomic E-state index is 0.230. The van der Waals surface area contributed by atoms with Crippen LogP contribution in [0.3, 0.4) is 0 Å². The molecule has 1 aromatic rings. The molecule has 1 aromatic carbocycles. The number of urea groups is 1. The maximum Gasteiger partial charge on any atom is 0.322 e. The van der Waals surface area contributed by atoms with Gasteiger partial charge in [-0.3, -0.25) is 10.1 Å². The summed E-state index contributed by atoms with van der Waals surface area (Å²) in [7, 11) is 0. The highest BCUT2D eigenvalue weighted by Crippen LogP contribution is 2.10. The summed E-state index contributed by atoms with van der Waals surface area (Å²) in [4.78, 5) is 24.8. The molecule has 0 bridgehead atoms. The van der Waals surface area contributed by atoms with Gasteiger partial charge >= 0.3 is 6.03 Å². The van der Waals surface area contributed by atoms with Gasteiger partial charge in [-0.2, -0.15) is 0 Å². The Morgan fingerprint density at radius 1 is 1.19 bits per heavy atom. The Morgan fingerprint density at radius 3 is 2.52 bits per heavy atom. The van der Waals surface area contributed by atoms with Crippen LogP contribution < -0.4 is 15.5 Å². The lowest BCUT2D eigenvalue weighted by atomic mass is 10.00. The van der Waals surface area contributed by atoms with Crippen molar-refractivity contribution >= 4 is 11.9 Å². The Kier molecular flexibility index (Phi) is 4.63. The van der Waals surface area contributed by atoms with Crippen molar-refractivity contribution in [2.45, 2.75) is 39.3 Å². The second kappa shape index (κ2) is 6.26. The topological polar surface area (TPSA) is 62.6 Å². The number of carbonyl (C=O) groups excluding carboxylic acids is 2. The van der Waals surface area contributed by atoms with Crippen LogP contribution in [0.4, 0.5) is 4.79 Å². The average molecular weight is 290 g/mol. The van der Waals surface area contributed by atoms with Gasteiger partial charge < -0.3 is 10.2 Å². The van der Waals surface area contributed by atoms with Crippen molar-refractivity contribution < 1.29 is 14.5 Å². The fourth-order valence-corrected chi connectivity index (χ4v) is 2.56. The lowest BCUT2D eigenvalue weighted by molar-refractivity contribution is -0.908. The minimum atomic E-state index is -0.427. The highest BCUT2D eigenvalue weighted by molar-refractivity contribution is 5.94. The molecule has 1 atom stereocenters. The fraction of sp³-hybridized carbons (Fsp3) is 0.500. The normalized spacial score (nSPS) is 17.8. The second-order valence-corrected chi connectivity index (χ2v) is 6.62. The van der Waals surface area contributed by atoms with E-state index in [1.54, 1.807) is 0 Å². The highest BCUT2D eigenvalue weighted by atomic mass is 16.2. The summed E-state index contributed by atoms with van der Waals surface area (Å²) >= 11 is 0. The van der Waals surface area contributed by atoms with Gasteiger partial charge in [0.25, 0.3) is 5.91 Å². The third kappa shape index (κ3) is 4.86. The summed E-state index contributed by atoms with van der Waals surface area (Å²) in [6.45, 7) is 7.72. The number of nitrogens with one attached hydrogen (secondary N) is 3. The van der Waals surface area contributed by atoms with Crippen LogP contribution in [0, 0.1) is 0 Å². The number of rotatable bonds is 2. The third-order valence-electron chi connectivity index (χ3n) is 3.46. The predicted molar refractivity (Wildman–Crippen MR) is 81.0 cm³/mol. The molecular formula is C16H24N3O2+. The van der Waals surface area contributed by atoms with Gasteiger partial charge in [-0.25, -0.2) is 4.79 Å². The van der Waals surface area contributed by atoms with E-state index < -0.39 is 6.03 Å². The zero-order chi connectivity index (χ0) is 15.5. The first-order chi connectivity index (χ1) is 9.83. The number of quaternary nitrogens is 1. The third-order valence-corrected chi connectivity index (χ3v) is 3.46. The van der Waals surface area contributed by atoms with E-state index in [0.29, 0.717) is 6.54 Å². The van der Waals surface area contributed by atoms with Gasteiger partial charge in [0.1, 0.15) is 6.54 Å². The molecule has 3 N–H and O–H groups in total. The van der Waals surface area contributed by atoms with Crippen LogP contribution in [-0.2, 0) is 17.8 Å². The average Bonchev–Trinajstić information content (AvgIpc) is 2.35. The molecule has 0 aromatic heterocycles. The fourth-order valence-electron chi connectivity index (χ4n) is 2.56. The molecule has 5 nitrogen and oxygen atoms in total. The predicted octanol–water partition coefficient (Wildman–Crippen LogP) is 0.252. The van der Waals surface area contributed by atoms with Gasteiger partial charge in [-0.1, -0.05) is 24.3 Å². The van der Waals surface area contributed by atoms with Gasteiger partial charge in [0.15, 0.2) is 6.54 Å². The molecule has 0 aliphatic carbocycles. The summed E-state index contributed by atoms with van der Waals surface area (Å²) in [6, 6.07) is 7.90. The highest BCUT2D eigenvalue weighted by Gasteiger charge is 2.23. The largest absolute Gasteiger partial charge is 0.333 e. The van der Waals surface area contributed by atoms with E-state index in [0.717, 1.165) is 19.5 Å². The van der Waals surface area contributed by atoms with Crippen LogP contribution in [0.2, 0.25) is 0 Å². The number of hydrogen-bond donors (Lipinski definition) is 3. The number of fused-ring (bicyclic) bond motifs is 1. The van der Waals surface area contributed by atoms with Crippen molar-refractivity contribution in [3.63, 3.8) is 0 Å². The Balaban J connectivity index is 1.83. The van der Waals surface area contributed by atoms with E-state index >= 15 is 0 Å². The monoisotopic (exact) mass is 290 g/mol. The van der Waals surface area contributed by atoms with Crippen LogP contribution in [0.5, 0.6) is 0 Å². The molecule has 0 spiro atoms. The molecule has 1 aliphatic rings. The summed E-state index contributed by atoms with van der Waals surface area (Å²) in [5.74, 6) is -0.230. The number of hydrogen-bond acceptors (Lipinski definition) is 2. The maximum absolute atomic E-state index is 11.9. The number of carbonyl (C=O) groups is 2. The first-order valence-corrected chi connectivity index (χ1v) is 7.36. The van der Waals surface area contributed by atoms with Gasteiger partial charge in [0, 0.05) is 17.5 Å². The summed E-state index contributed by atoms with van der Waals surface area (Å²) < 4.78 is 0. The maximum atomic E-state index is 11.9. The molecule has 5 heteroatoms. The van der Waals surface area contributed by atoms with Crippen molar-refractivity contribution in [2.24, 2.45) is 0 Å². The lowest BCUT2D eigenvalue weighted by Gasteiger charge is -2.25.